The van der Waals surface area contributed by atoms with Gasteiger partial charge in [-0.25, -0.2) is 4.70 Å². The number of nitrogens with zero attached hydrogens (tertiary/aromatic N) is 2. The van der Waals surface area contributed by atoms with Crippen LogP contribution < -0.4 is 0 Å². The van der Waals surface area contributed by atoms with Crippen LogP contribution in [0, 0.1) is 13.8 Å². The van der Waals surface area contributed by atoms with Crippen LogP contribution in [0.1, 0.15) is 326 Å². The van der Waals surface area contributed by atoms with E-state index in [-0.39, 0.29) is 16.5 Å². The molecule has 0 unspecified atom stereocenters. The number of unbranched alkanes of at least 4 members (excludes halogenated alkanes) is 21. The van der Waals surface area contributed by atoms with Gasteiger partial charge in [-0.1, -0.05) is 204 Å². The molecule has 3 heteroatoms. The van der Waals surface area contributed by atoms with E-state index in [1.54, 1.807) is 38.1 Å². The molecule has 0 saturated heterocycles. The molecule has 1 aliphatic rings. The fraction of sp³-hybridized carbons (Fsp3) is 0.731. The molecule has 0 fully saturated rings. The Morgan fingerprint density at radius 1 is 0.314 bits per heavy atom. The summed E-state index contributed by atoms with van der Waals surface area (Å²) in [6.07, 6.45) is 48.1. The number of hydrogen-bond acceptors (Lipinski definition) is 0. The van der Waals surface area contributed by atoms with E-state index in [0.717, 1.165) is 75.6 Å². The van der Waals surface area contributed by atoms with Gasteiger partial charge < -0.3 is 19.4 Å². The van der Waals surface area contributed by atoms with Gasteiger partial charge in [-0.15, -0.1) is 0 Å². The summed E-state index contributed by atoms with van der Waals surface area (Å²) in [5.41, 5.74) is 30.1. The first-order valence-electron chi connectivity index (χ1n) is 30.6. The van der Waals surface area contributed by atoms with E-state index in [4.69, 9.17) is 0 Å². The Morgan fingerprint density at radius 3 is 0.843 bits per heavy atom. The van der Waals surface area contributed by atoms with Gasteiger partial charge in [-0.05, 0) is 160 Å². The molecule has 2 nitrogen and oxygen atoms in total. The SMILES string of the molecule is CCCCCCCCc1c(CCCC)cc(C2=C(CCCC)C(CCCCC)=C(c3cc(CCCC)c(CCCCCCCC)c(CCCC)c3)[N+]2=[N-])cc1CCCC.[CH2-]CCCC.[CH2-]CCCC.[Ni+2]. The van der Waals surface area contributed by atoms with Crippen molar-refractivity contribution in [1.29, 1.82) is 0 Å². The molecule has 0 N–H and O–H groups in total. The predicted octanol–water partition coefficient (Wildman–Crippen LogP) is 22.8. The van der Waals surface area contributed by atoms with Gasteiger partial charge in [0.2, 0.25) is 11.4 Å². The molecule has 0 bridgehead atoms. The summed E-state index contributed by atoms with van der Waals surface area (Å²) in [5, 5.41) is 0. The third-order valence-corrected chi connectivity index (χ3v) is 14.6. The molecule has 2 aromatic rings. The first-order chi connectivity index (χ1) is 33.8. The Labute approximate surface area is 449 Å². The van der Waals surface area contributed by atoms with Crippen molar-refractivity contribution in [3.05, 3.63) is 99.3 Å². The topological polar surface area (TPSA) is 25.3 Å². The van der Waals surface area contributed by atoms with E-state index >= 15 is 0 Å². The molecule has 2 aromatic carbocycles. The van der Waals surface area contributed by atoms with Crippen molar-refractivity contribution in [2.24, 2.45) is 0 Å². The Balaban J connectivity index is 0.00000391. The average molecular weight is 1010 g/mol. The van der Waals surface area contributed by atoms with Crippen LogP contribution >= 0.6 is 0 Å². The van der Waals surface area contributed by atoms with Crippen LogP contribution in [0.2, 0.25) is 0 Å². The number of hydrogen-bond donors (Lipinski definition) is 0. The van der Waals surface area contributed by atoms with E-state index in [2.05, 4.69) is 107 Å². The fourth-order valence-corrected chi connectivity index (χ4v) is 10.2. The summed E-state index contributed by atoms with van der Waals surface area (Å²) in [5.74, 6) is 0. The van der Waals surface area contributed by atoms with Gasteiger partial charge in [0, 0.05) is 22.3 Å². The molecule has 1 aliphatic heterocycles. The average Bonchev–Trinajstić information content (AvgIpc) is 3.63. The standard InChI is InChI=1S/C57H94N2.2C5H11.Ni/c1-9-17-25-27-29-32-39-52-46(34-20-12-4)42-50(43-47(52)35-21-13-5)56-54(38-24-16-8)55(41-31-19-11-3)57(59(56)58)51-44-48(36-22-14-6)53(49(45-51)37-23-15-7)40-33-30-28-26-18-10-2;2*1-3-5-4-2;/h42-45H,9-41H2,1-8H3;2*1,3-5H2,2H3;/q;2*-1;+2. The second-order valence-electron chi connectivity index (χ2n) is 20.9. The summed E-state index contributed by atoms with van der Waals surface area (Å²) >= 11 is 0. The van der Waals surface area contributed by atoms with Crippen LogP contribution in [-0.4, -0.2) is 4.70 Å². The molecule has 0 saturated carbocycles. The molecule has 0 radical (unpaired) electrons. The van der Waals surface area contributed by atoms with E-state index in [1.807, 2.05) is 0 Å². The van der Waals surface area contributed by atoms with Crippen molar-refractivity contribution in [1.82, 2.24) is 0 Å². The third kappa shape index (κ3) is 26.3. The zero-order valence-corrected chi connectivity index (χ0v) is 49.5. The first-order valence-corrected chi connectivity index (χ1v) is 30.6. The molecular weight excluding hydrogens is 891 g/mol. The van der Waals surface area contributed by atoms with Crippen LogP contribution in [0.4, 0.5) is 0 Å². The molecule has 0 amide bonds. The Bertz CT molecular complexity index is 1590. The molecule has 3 rings (SSSR count). The Kier molecular flexibility index (Phi) is 44.3. The van der Waals surface area contributed by atoms with Gasteiger partial charge in [0.1, 0.15) is 0 Å². The summed E-state index contributed by atoms with van der Waals surface area (Å²) in [6, 6.07) is 10.2. The van der Waals surface area contributed by atoms with Crippen molar-refractivity contribution in [3.63, 3.8) is 0 Å². The largest absolute Gasteiger partial charge is 2.00 e. The number of rotatable bonds is 39. The summed E-state index contributed by atoms with van der Waals surface area (Å²) < 4.78 is 1.73. The van der Waals surface area contributed by atoms with Crippen molar-refractivity contribution in [3.8, 4) is 0 Å². The Morgan fingerprint density at radius 2 is 0.557 bits per heavy atom. The number of aryl methyl sites for hydroxylation is 4. The first kappa shape index (κ1) is 68.0. The molecular formula is C67H116N2Ni. The summed E-state index contributed by atoms with van der Waals surface area (Å²) in [6.45, 7) is 30.4. The van der Waals surface area contributed by atoms with Crippen LogP contribution in [0.15, 0.2) is 35.4 Å². The van der Waals surface area contributed by atoms with Gasteiger partial charge in [0.15, 0.2) is 0 Å². The molecule has 1 heterocycles. The van der Waals surface area contributed by atoms with Crippen molar-refractivity contribution in [2.45, 2.75) is 320 Å². The maximum absolute atomic E-state index is 13.0. The van der Waals surface area contributed by atoms with E-state index in [0.29, 0.717) is 0 Å². The quantitative estimate of drug-likeness (QED) is 0.0276. The van der Waals surface area contributed by atoms with Crippen LogP contribution in [0.5, 0.6) is 0 Å². The van der Waals surface area contributed by atoms with E-state index < -0.39 is 0 Å². The van der Waals surface area contributed by atoms with Crippen LogP contribution in [0.3, 0.4) is 0 Å². The van der Waals surface area contributed by atoms with Gasteiger partial charge in [-0.2, -0.15) is 12.8 Å². The van der Waals surface area contributed by atoms with E-state index in [9.17, 15) is 5.53 Å². The maximum atomic E-state index is 13.0. The monoisotopic (exact) mass is 1010 g/mol. The van der Waals surface area contributed by atoms with E-state index in [1.165, 1.54) is 208 Å². The van der Waals surface area contributed by atoms with Crippen molar-refractivity contribution < 1.29 is 21.2 Å². The van der Waals surface area contributed by atoms with Gasteiger partial charge in [0.25, 0.3) is 0 Å². The van der Waals surface area contributed by atoms with Crippen molar-refractivity contribution >= 4 is 11.4 Å². The normalized spacial score (nSPS) is 12.3. The molecule has 0 spiro atoms. The minimum atomic E-state index is 0. The van der Waals surface area contributed by atoms with Crippen LogP contribution in [-0.2, 0) is 55.0 Å². The molecule has 0 atom stereocenters. The number of benzene rings is 2. The summed E-state index contributed by atoms with van der Waals surface area (Å²) in [4.78, 5) is 0. The van der Waals surface area contributed by atoms with Gasteiger partial charge in [-0.3, -0.25) is 0 Å². The Hall–Kier alpha value is -1.99. The predicted molar refractivity (Wildman–Crippen MR) is 312 cm³/mol. The van der Waals surface area contributed by atoms with Gasteiger partial charge >= 0.3 is 16.5 Å². The van der Waals surface area contributed by atoms with Crippen LogP contribution in [0.25, 0.3) is 16.9 Å². The maximum Gasteiger partial charge on any atom is 2.00 e. The zero-order chi connectivity index (χ0) is 50.9. The molecule has 0 aromatic heterocycles. The fourth-order valence-electron chi connectivity index (χ4n) is 10.2. The minimum absolute atomic E-state index is 0. The second-order valence-corrected chi connectivity index (χ2v) is 20.9. The van der Waals surface area contributed by atoms with Crippen molar-refractivity contribution in [2.75, 3.05) is 0 Å². The third-order valence-electron chi connectivity index (χ3n) is 14.6. The summed E-state index contributed by atoms with van der Waals surface area (Å²) in [7, 11) is 0. The molecule has 404 valence electrons. The molecule has 0 aliphatic carbocycles. The minimum Gasteiger partial charge on any atom is -0.493 e. The number of allylic oxidation sites excluding steroid dienone is 2. The smallest absolute Gasteiger partial charge is 0.493 e. The zero-order valence-electron chi connectivity index (χ0n) is 48.5. The molecule has 70 heavy (non-hydrogen) atoms. The second kappa shape index (κ2) is 45.6. The van der Waals surface area contributed by atoms with Gasteiger partial charge in [0.05, 0.1) is 0 Å².